The van der Waals surface area contributed by atoms with Crippen LogP contribution >= 0.6 is 11.3 Å². The number of hydrogen-bond acceptors (Lipinski definition) is 4. The van der Waals surface area contributed by atoms with E-state index in [1.54, 1.807) is 11.3 Å². The molecule has 3 nitrogen and oxygen atoms in total. The first-order chi connectivity index (χ1) is 9.74. The molecule has 1 N–H and O–H groups in total. The van der Waals surface area contributed by atoms with Crippen molar-refractivity contribution in [2.45, 2.75) is 33.4 Å². The Hall–Kier alpha value is -1.39. The van der Waals surface area contributed by atoms with Crippen LogP contribution in [0.25, 0.3) is 0 Å². The van der Waals surface area contributed by atoms with Gasteiger partial charge in [0.25, 0.3) is 0 Å². The number of thiazole rings is 1. The maximum absolute atomic E-state index is 4.15. The smallest absolute Gasteiger partial charge is 0.0795 e. The van der Waals surface area contributed by atoms with Crippen LogP contribution in [0.15, 0.2) is 36.0 Å². The fourth-order valence-electron chi connectivity index (χ4n) is 2.23. The van der Waals surface area contributed by atoms with Crippen molar-refractivity contribution in [1.29, 1.82) is 0 Å². The van der Waals surface area contributed by atoms with Crippen LogP contribution in [-0.4, -0.2) is 23.0 Å². The van der Waals surface area contributed by atoms with Gasteiger partial charge >= 0.3 is 0 Å². The van der Waals surface area contributed by atoms with E-state index in [2.05, 4.69) is 60.2 Å². The molecule has 0 spiro atoms. The van der Waals surface area contributed by atoms with Gasteiger partial charge in [-0.3, -0.25) is 9.88 Å². The molecule has 0 saturated heterocycles. The Labute approximate surface area is 125 Å². The predicted molar refractivity (Wildman–Crippen MR) is 87.2 cm³/mol. The molecule has 108 valence electrons. The number of aromatic nitrogens is 1. The van der Waals surface area contributed by atoms with E-state index in [9.17, 15) is 0 Å². The van der Waals surface area contributed by atoms with Gasteiger partial charge in [0.05, 0.1) is 11.6 Å². The quantitative estimate of drug-likeness (QED) is 0.829. The highest BCUT2D eigenvalue weighted by atomic mass is 32.1. The van der Waals surface area contributed by atoms with Crippen molar-refractivity contribution in [2.75, 3.05) is 18.4 Å². The number of hydrogen-bond donors (Lipinski definition) is 1. The molecule has 20 heavy (non-hydrogen) atoms. The Morgan fingerprint density at radius 1 is 1.25 bits per heavy atom. The zero-order valence-electron chi connectivity index (χ0n) is 12.5. The molecule has 0 fully saturated rings. The fraction of sp³-hybridized carbons (Fsp3) is 0.438. The number of benzene rings is 1. The first-order valence-electron chi connectivity index (χ1n) is 7.19. The van der Waals surface area contributed by atoms with E-state index < -0.39 is 0 Å². The van der Waals surface area contributed by atoms with Crippen LogP contribution in [-0.2, 0) is 6.54 Å². The average Bonchev–Trinajstić information content (AvgIpc) is 3.00. The highest BCUT2D eigenvalue weighted by molar-refractivity contribution is 7.09. The molecular weight excluding hydrogens is 266 g/mol. The normalized spacial score (nSPS) is 12.6. The van der Waals surface area contributed by atoms with Crippen LogP contribution in [0.2, 0.25) is 0 Å². The standard InChI is InChI=1S/C16H23N3S/c1-4-19(5-2)11-14-8-6-7-9-15(14)18-13(3)16-10-17-12-20-16/h6-10,12-13,18H,4-5,11H2,1-3H3. The van der Waals surface area contributed by atoms with E-state index in [4.69, 9.17) is 0 Å². The average molecular weight is 289 g/mol. The summed E-state index contributed by atoms with van der Waals surface area (Å²) in [6.45, 7) is 9.75. The molecule has 1 atom stereocenters. The number of anilines is 1. The minimum Gasteiger partial charge on any atom is -0.377 e. The van der Waals surface area contributed by atoms with Crippen molar-refractivity contribution in [2.24, 2.45) is 0 Å². The molecule has 0 radical (unpaired) electrons. The highest BCUT2D eigenvalue weighted by Gasteiger charge is 2.10. The first kappa shape index (κ1) is 15.0. The van der Waals surface area contributed by atoms with Gasteiger partial charge in [-0.05, 0) is 31.6 Å². The van der Waals surface area contributed by atoms with E-state index in [0.29, 0.717) is 6.04 Å². The number of nitrogens with one attached hydrogen (secondary N) is 1. The van der Waals surface area contributed by atoms with Crippen molar-refractivity contribution < 1.29 is 0 Å². The molecule has 2 rings (SSSR count). The lowest BCUT2D eigenvalue weighted by atomic mass is 10.1. The van der Waals surface area contributed by atoms with Crippen LogP contribution in [0.3, 0.4) is 0 Å². The minimum absolute atomic E-state index is 0.292. The summed E-state index contributed by atoms with van der Waals surface area (Å²) >= 11 is 1.70. The maximum atomic E-state index is 4.15. The Kier molecular flexibility index (Phi) is 5.56. The highest BCUT2D eigenvalue weighted by Crippen LogP contribution is 2.25. The van der Waals surface area contributed by atoms with E-state index in [1.165, 1.54) is 16.1 Å². The van der Waals surface area contributed by atoms with E-state index in [1.807, 2.05) is 11.7 Å². The Morgan fingerprint density at radius 2 is 2.00 bits per heavy atom. The molecular formula is C16H23N3S. The predicted octanol–water partition coefficient (Wildman–Crippen LogP) is 4.16. The fourth-order valence-corrected chi connectivity index (χ4v) is 2.86. The van der Waals surface area contributed by atoms with Gasteiger partial charge in [0.1, 0.15) is 0 Å². The summed E-state index contributed by atoms with van der Waals surface area (Å²) < 4.78 is 0. The van der Waals surface area contributed by atoms with Gasteiger partial charge in [0.15, 0.2) is 0 Å². The van der Waals surface area contributed by atoms with Gasteiger partial charge in [-0.1, -0.05) is 32.0 Å². The summed E-state index contributed by atoms with van der Waals surface area (Å²) in [6, 6.07) is 8.87. The zero-order chi connectivity index (χ0) is 14.4. The molecule has 0 aliphatic carbocycles. The molecule has 0 saturated carbocycles. The maximum Gasteiger partial charge on any atom is 0.0795 e. The monoisotopic (exact) mass is 289 g/mol. The Balaban J connectivity index is 2.11. The first-order valence-corrected chi connectivity index (χ1v) is 8.07. The summed E-state index contributed by atoms with van der Waals surface area (Å²) in [6.07, 6.45) is 1.94. The molecule has 1 heterocycles. The molecule has 1 unspecified atom stereocenters. The molecule has 0 aliphatic rings. The lowest BCUT2D eigenvalue weighted by Crippen LogP contribution is -2.23. The van der Waals surface area contributed by atoms with E-state index in [0.717, 1.165) is 19.6 Å². The number of para-hydroxylation sites is 1. The van der Waals surface area contributed by atoms with Gasteiger partial charge in [0.2, 0.25) is 0 Å². The largest absolute Gasteiger partial charge is 0.377 e. The summed E-state index contributed by atoms with van der Waals surface area (Å²) in [7, 11) is 0. The van der Waals surface area contributed by atoms with Gasteiger partial charge in [-0.15, -0.1) is 11.3 Å². The van der Waals surface area contributed by atoms with Crippen molar-refractivity contribution >= 4 is 17.0 Å². The zero-order valence-corrected chi connectivity index (χ0v) is 13.3. The second kappa shape index (κ2) is 7.41. The Bertz CT molecular complexity index is 506. The van der Waals surface area contributed by atoms with Gasteiger partial charge in [0, 0.05) is 23.3 Å². The molecule has 2 aromatic rings. The third-order valence-corrected chi connectivity index (χ3v) is 4.51. The van der Waals surface area contributed by atoms with Crippen LogP contribution in [0.5, 0.6) is 0 Å². The van der Waals surface area contributed by atoms with Crippen molar-refractivity contribution in [3.63, 3.8) is 0 Å². The summed E-state index contributed by atoms with van der Waals surface area (Å²) in [4.78, 5) is 7.85. The van der Waals surface area contributed by atoms with Crippen LogP contribution < -0.4 is 5.32 Å². The van der Waals surface area contributed by atoms with Crippen molar-refractivity contribution in [3.05, 3.63) is 46.4 Å². The lowest BCUT2D eigenvalue weighted by molar-refractivity contribution is 0.296. The molecule has 0 aliphatic heterocycles. The number of rotatable bonds is 7. The second-order valence-corrected chi connectivity index (χ2v) is 5.81. The Morgan fingerprint density at radius 3 is 2.65 bits per heavy atom. The van der Waals surface area contributed by atoms with E-state index in [-0.39, 0.29) is 0 Å². The van der Waals surface area contributed by atoms with E-state index >= 15 is 0 Å². The summed E-state index contributed by atoms with van der Waals surface area (Å²) in [5.41, 5.74) is 4.46. The van der Waals surface area contributed by atoms with Crippen LogP contribution in [0, 0.1) is 0 Å². The van der Waals surface area contributed by atoms with Crippen LogP contribution in [0.1, 0.15) is 37.3 Å². The van der Waals surface area contributed by atoms with Gasteiger partial charge in [-0.25, -0.2) is 0 Å². The summed E-state index contributed by atoms with van der Waals surface area (Å²) in [5, 5.41) is 3.61. The molecule has 1 aromatic carbocycles. The third kappa shape index (κ3) is 3.81. The van der Waals surface area contributed by atoms with Gasteiger partial charge in [-0.2, -0.15) is 0 Å². The molecule has 0 amide bonds. The van der Waals surface area contributed by atoms with Crippen molar-refractivity contribution in [1.82, 2.24) is 9.88 Å². The second-order valence-electron chi connectivity index (χ2n) is 4.89. The van der Waals surface area contributed by atoms with Gasteiger partial charge < -0.3 is 5.32 Å². The molecule has 1 aromatic heterocycles. The van der Waals surface area contributed by atoms with Crippen LogP contribution in [0.4, 0.5) is 5.69 Å². The van der Waals surface area contributed by atoms with Crippen molar-refractivity contribution in [3.8, 4) is 0 Å². The summed E-state index contributed by atoms with van der Waals surface area (Å²) in [5.74, 6) is 0. The molecule has 0 bridgehead atoms. The minimum atomic E-state index is 0.292. The third-order valence-electron chi connectivity index (χ3n) is 3.56. The molecule has 4 heteroatoms. The topological polar surface area (TPSA) is 28.2 Å². The lowest BCUT2D eigenvalue weighted by Gasteiger charge is -2.22. The SMILES string of the molecule is CCN(CC)Cc1ccccc1NC(C)c1cncs1. The number of nitrogens with zero attached hydrogens (tertiary/aromatic N) is 2.